The highest BCUT2D eigenvalue weighted by molar-refractivity contribution is 5.75. The molecule has 1 atom stereocenters. The number of carboxylic acids is 1. The lowest BCUT2D eigenvalue weighted by molar-refractivity contribution is -0.137. The van der Waals surface area contributed by atoms with Crippen LogP contribution in [0.25, 0.3) is 0 Å². The second-order valence-electron chi connectivity index (χ2n) is 4.26. The molecule has 0 aromatic rings. The molecular weight excluding hydrogens is 210 g/mol. The van der Waals surface area contributed by atoms with Gasteiger partial charge in [0.25, 0.3) is 0 Å². The maximum absolute atomic E-state index is 11.6. The zero-order valence-electron chi connectivity index (χ0n) is 9.77. The van der Waals surface area contributed by atoms with E-state index in [0.29, 0.717) is 0 Å². The SMILES string of the molecule is CN1CCC(NC(=O)N(C)CCC(=O)O)C1. The fourth-order valence-corrected chi connectivity index (χ4v) is 1.70. The summed E-state index contributed by atoms with van der Waals surface area (Å²) < 4.78 is 0. The highest BCUT2D eigenvalue weighted by atomic mass is 16.4. The van der Waals surface area contributed by atoms with E-state index < -0.39 is 5.97 Å². The Morgan fingerprint density at radius 1 is 1.56 bits per heavy atom. The number of nitrogens with one attached hydrogen (secondary N) is 1. The molecule has 6 heteroatoms. The van der Waals surface area contributed by atoms with Crippen LogP contribution in [-0.2, 0) is 4.79 Å². The summed E-state index contributed by atoms with van der Waals surface area (Å²) in [6, 6.07) is -0.00803. The molecule has 1 heterocycles. The summed E-state index contributed by atoms with van der Waals surface area (Å²) in [6.45, 7) is 2.09. The second-order valence-corrected chi connectivity index (χ2v) is 4.26. The van der Waals surface area contributed by atoms with Gasteiger partial charge in [-0.15, -0.1) is 0 Å². The molecule has 1 aliphatic rings. The number of nitrogens with zero attached hydrogens (tertiary/aromatic N) is 2. The Bertz CT molecular complexity index is 270. The number of hydrogen-bond donors (Lipinski definition) is 2. The van der Waals surface area contributed by atoms with E-state index in [4.69, 9.17) is 5.11 Å². The standard InChI is InChI=1S/C10H19N3O3/c1-12-5-3-8(7-12)11-10(16)13(2)6-4-9(14)15/h8H,3-7H2,1-2H3,(H,11,16)(H,14,15). The van der Waals surface area contributed by atoms with Gasteiger partial charge in [0.15, 0.2) is 0 Å². The van der Waals surface area contributed by atoms with Crippen LogP contribution in [0.15, 0.2) is 0 Å². The second kappa shape index (κ2) is 5.69. The average molecular weight is 229 g/mol. The number of urea groups is 1. The minimum atomic E-state index is -0.889. The van der Waals surface area contributed by atoms with E-state index in [1.165, 1.54) is 4.90 Å². The van der Waals surface area contributed by atoms with Gasteiger partial charge in [-0.25, -0.2) is 4.79 Å². The number of likely N-dealkylation sites (N-methyl/N-ethyl adjacent to an activating group) is 1. The van der Waals surface area contributed by atoms with Crippen molar-refractivity contribution in [2.24, 2.45) is 0 Å². The molecule has 1 saturated heterocycles. The van der Waals surface area contributed by atoms with Crippen LogP contribution in [0.4, 0.5) is 4.79 Å². The van der Waals surface area contributed by atoms with Gasteiger partial charge >= 0.3 is 12.0 Å². The van der Waals surface area contributed by atoms with E-state index in [2.05, 4.69) is 10.2 Å². The van der Waals surface area contributed by atoms with Crippen LogP contribution in [-0.4, -0.2) is 66.7 Å². The molecule has 6 nitrogen and oxygen atoms in total. The summed E-state index contributed by atoms with van der Waals surface area (Å²) in [5.41, 5.74) is 0. The van der Waals surface area contributed by atoms with Gasteiger partial charge in [0, 0.05) is 26.2 Å². The van der Waals surface area contributed by atoms with Crippen molar-refractivity contribution in [3.63, 3.8) is 0 Å². The van der Waals surface area contributed by atoms with Crippen molar-refractivity contribution < 1.29 is 14.7 Å². The van der Waals surface area contributed by atoms with Crippen LogP contribution in [0.3, 0.4) is 0 Å². The maximum Gasteiger partial charge on any atom is 0.317 e. The quantitative estimate of drug-likeness (QED) is 0.700. The third kappa shape index (κ3) is 4.06. The predicted octanol–water partition coefficient (Wildman–Crippen LogP) is -0.193. The molecule has 1 unspecified atom stereocenters. The number of likely N-dealkylation sites (tertiary alicyclic amines) is 1. The fraction of sp³-hybridized carbons (Fsp3) is 0.800. The van der Waals surface area contributed by atoms with Crippen molar-refractivity contribution >= 4 is 12.0 Å². The Morgan fingerprint density at radius 2 is 2.25 bits per heavy atom. The zero-order chi connectivity index (χ0) is 12.1. The third-order valence-electron chi connectivity index (χ3n) is 2.73. The first-order chi connectivity index (χ1) is 7.49. The van der Waals surface area contributed by atoms with E-state index in [9.17, 15) is 9.59 Å². The Hall–Kier alpha value is -1.30. The Kier molecular flexibility index (Phi) is 4.54. The van der Waals surface area contributed by atoms with Crippen molar-refractivity contribution in [3.05, 3.63) is 0 Å². The summed E-state index contributed by atoms with van der Waals surface area (Å²) in [4.78, 5) is 25.5. The number of hydrogen-bond acceptors (Lipinski definition) is 3. The molecule has 2 amide bonds. The van der Waals surface area contributed by atoms with Crippen LogP contribution in [0.2, 0.25) is 0 Å². The Morgan fingerprint density at radius 3 is 2.75 bits per heavy atom. The number of rotatable bonds is 4. The molecule has 1 fully saturated rings. The van der Waals surface area contributed by atoms with Crippen LogP contribution >= 0.6 is 0 Å². The molecule has 1 aliphatic heterocycles. The molecule has 0 aliphatic carbocycles. The average Bonchev–Trinajstić information content (AvgIpc) is 2.60. The van der Waals surface area contributed by atoms with Gasteiger partial charge in [-0.1, -0.05) is 0 Å². The minimum Gasteiger partial charge on any atom is -0.481 e. The lowest BCUT2D eigenvalue weighted by atomic mass is 10.3. The van der Waals surface area contributed by atoms with Crippen LogP contribution in [0.1, 0.15) is 12.8 Å². The van der Waals surface area contributed by atoms with Gasteiger partial charge in [-0.2, -0.15) is 0 Å². The molecule has 0 radical (unpaired) electrons. The summed E-state index contributed by atoms with van der Waals surface area (Å²) >= 11 is 0. The fourth-order valence-electron chi connectivity index (χ4n) is 1.70. The van der Waals surface area contributed by atoms with Gasteiger partial charge in [0.2, 0.25) is 0 Å². The first kappa shape index (κ1) is 12.8. The van der Waals surface area contributed by atoms with Gasteiger partial charge in [0.1, 0.15) is 0 Å². The molecule has 16 heavy (non-hydrogen) atoms. The smallest absolute Gasteiger partial charge is 0.317 e. The van der Waals surface area contributed by atoms with Crippen LogP contribution in [0.5, 0.6) is 0 Å². The highest BCUT2D eigenvalue weighted by Gasteiger charge is 2.22. The largest absolute Gasteiger partial charge is 0.481 e. The first-order valence-corrected chi connectivity index (χ1v) is 5.41. The third-order valence-corrected chi connectivity index (χ3v) is 2.73. The van der Waals surface area contributed by atoms with E-state index >= 15 is 0 Å². The van der Waals surface area contributed by atoms with Crippen molar-refractivity contribution in [2.45, 2.75) is 18.9 Å². The van der Waals surface area contributed by atoms with Crippen molar-refractivity contribution in [2.75, 3.05) is 33.7 Å². The summed E-state index contributed by atoms with van der Waals surface area (Å²) in [6.07, 6.45) is 0.934. The molecule has 2 N–H and O–H groups in total. The van der Waals surface area contributed by atoms with Gasteiger partial charge < -0.3 is 20.2 Å². The molecule has 1 rings (SSSR count). The number of aliphatic carboxylic acids is 1. The molecule has 0 saturated carbocycles. The van der Waals surface area contributed by atoms with E-state index in [1.807, 2.05) is 7.05 Å². The molecule has 0 spiro atoms. The maximum atomic E-state index is 11.6. The number of amides is 2. The molecule has 0 bridgehead atoms. The predicted molar refractivity (Wildman–Crippen MR) is 59.3 cm³/mol. The summed E-state index contributed by atoms with van der Waals surface area (Å²) in [5, 5.41) is 11.4. The van der Waals surface area contributed by atoms with Crippen LogP contribution in [0, 0.1) is 0 Å². The molecule has 0 aromatic heterocycles. The normalized spacial score (nSPS) is 20.8. The van der Waals surface area contributed by atoms with Gasteiger partial charge in [0.05, 0.1) is 6.42 Å². The van der Waals surface area contributed by atoms with E-state index in [1.54, 1.807) is 7.05 Å². The van der Waals surface area contributed by atoms with Crippen molar-refractivity contribution in [1.82, 2.24) is 15.1 Å². The van der Waals surface area contributed by atoms with Gasteiger partial charge in [-0.3, -0.25) is 4.79 Å². The lowest BCUT2D eigenvalue weighted by Crippen LogP contribution is -2.44. The Balaban J connectivity index is 2.26. The number of carboxylic acid groups (broad SMARTS) is 1. The highest BCUT2D eigenvalue weighted by Crippen LogP contribution is 2.06. The molecule has 92 valence electrons. The minimum absolute atomic E-state index is 0.0194. The first-order valence-electron chi connectivity index (χ1n) is 5.41. The topological polar surface area (TPSA) is 72.9 Å². The number of carbonyl (C=O) groups excluding carboxylic acids is 1. The van der Waals surface area contributed by atoms with Gasteiger partial charge in [-0.05, 0) is 20.0 Å². The van der Waals surface area contributed by atoms with Crippen LogP contribution < -0.4 is 5.32 Å². The Labute approximate surface area is 95.2 Å². The molecular formula is C10H19N3O3. The van der Waals surface area contributed by atoms with E-state index in [-0.39, 0.29) is 25.0 Å². The van der Waals surface area contributed by atoms with E-state index in [0.717, 1.165) is 19.5 Å². The summed E-state index contributed by atoms with van der Waals surface area (Å²) in [5.74, 6) is -0.889. The zero-order valence-corrected chi connectivity index (χ0v) is 9.77. The lowest BCUT2D eigenvalue weighted by Gasteiger charge is -2.20. The molecule has 0 aromatic carbocycles. The summed E-state index contributed by atoms with van der Waals surface area (Å²) in [7, 11) is 3.62. The number of carbonyl (C=O) groups is 2. The van der Waals surface area contributed by atoms with Crippen molar-refractivity contribution in [3.8, 4) is 0 Å². The van der Waals surface area contributed by atoms with Crippen molar-refractivity contribution in [1.29, 1.82) is 0 Å². The monoisotopic (exact) mass is 229 g/mol.